The molecule has 3 rings (SSSR count). The number of nitrogens with zero attached hydrogens (tertiary/aromatic N) is 2. The Morgan fingerprint density at radius 1 is 1.11 bits per heavy atom. The van der Waals surface area contributed by atoms with E-state index in [0.717, 1.165) is 12.8 Å². The topological polar surface area (TPSA) is 69.7 Å². The van der Waals surface area contributed by atoms with Gasteiger partial charge >= 0.3 is 10.2 Å². The second-order valence-electron chi connectivity index (χ2n) is 4.69. The lowest BCUT2D eigenvalue weighted by atomic mass is 10.2. The predicted molar refractivity (Wildman–Crippen MR) is 72.1 cm³/mol. The number of nitrogens with one attached hydrogen (secondary N) is 1. The van der Waals surface area contributed by atoms with Gasteiger partial charge in [0.25, 0.3) is 0 Å². The average molecular weight is 281 g/mol. The summed E-state index contributed by atoms with van der Waals surface area (Å²) in [5.41, 5.74) is 1.08. The van der Waals surface area contributed by atoms with Gasteiger partial charge in [0, 0.05) is 13.1 Å². The van der Waals surface area contributed by atoms with Gasteiger partial charge in [0.2, 0.25) is 5.91 Å². The number of para-hydroxylation sites is 2. The number of anilines is 2. The third-order valence-corrected chi connectivity index (χ3v) is 5.30. The van der Waals surface area contributed by atoms with Gasteiger partial charge in [-0.2, -0.15) is 12.7 Å². The number of carbonyl (C=O) groups excluding carboxylic acids is 1. The van der Waals surface area contributed by atoms with Crippen LogP contribution in [0.1, 0.15) is 12.8 Å². The largest absolute Gasteiger partial charge is 0.323 e. The van der Waals surface area contributed by atoms with Crippen LogP contribution in [-0.2, 0) is 15.0 Å². The zero-order valence-electron chi connectivity index (χ0n) is 10.4. The van der Waals surface area contributed by atoms with Crippen LogP contribution in [0, 0.1) is 0 Å². The van der Waals surface area contributed by atoms with E-state index in [2.05, 4.69) is 5.32 Å². The van der Waals surface area contributed by atoms with Crippen LogP contribution in [0.15, 0.2) is 24.3 Å². The lowest BCUT2D eigenvalue weighted by Crippen LogP contribution is -2.48. The first kappa shape index (κ1) is 12.4. The predicted octanol–water partition coefficient (Wildman–Crippen LogP) is 0.786. The summed E-state index contributed by atoms with van der Waals surface area (Å²) in [6.07, 6.45) is 1.75. The molecule has 6 nitrogen and oxygen atoms in total. The van der Waals surface area contributed by atoms with E-state index in [9.17, 15) is 13.2 Å². The van der Waals surface area contributed by atoms with E-state index in [1.165, 1.54) is 8.61 Å². The molecule has 0 atom stereocenters. The number of hydrogen-bond donors (Lipinski definition) is 1. The van der Waals surface area contributed by atoms with E-state index in [1.54, 1.807) is 24.3 Å². The van der Waals surface area contributed by atoms with Crippen molar-refractivity contribution in [1.29, 1.82) is 0 Å². The Morgan fingerprint density at radius 2 is 1.79 bits per heavy atom. The second-order valence-corrected chi connectivity index (χ2v) is 6.54. The summed E-state index contributed by atoms with van der Waals surface area (Å²) < 4.78 is 27.8. The molecule has 0 spiro atoms. The Kier molecular flexibility index (Phi) is 2.94. The molecule has 102 valence electrons. The van der Waals surface area contributed by atoms with E-state index >= 15 is 0 Å². The van der Waals surface area contributed by atoms with E-state index in [1.807, 2.05) is 0 Å². The number of hydrogen-bond acceptors (Lipinski definition) is 3. The van der Waals surface area contributed by atoms with E-state index in [-0.39, 0.29) is 12.5 Å². The number of fused-ring (bicyclic) bond motifs is 1. The zero-order chi connectivity index (χ0) is 13.5. The minimum Gasteiger partial charge on any atom is -0.323 e. The van der Waals surface area contributed by atoms with Crippen molar-refractivity contribution in [3.63, 3.8) is 0 Å². The van der Waals surface area contributed by atoms with Gasteiger partial charge in [-0.25, -0.2) is 4.31 Å². The van der Waals surface area contributed by atoms with Crippen LogP contribution < -0.4 is 9.62 Å². The third kappa shape index (κ3) is 2.08. The van der Waals surface area contributed by atoms with Crippen molar-refractivity contribution in [1.82, 2.24) is 4.31 Å². The molecule has 0 saturated carbocycles. The summed E-state index contributed by atoms with van der Waals surface area (Å²) in [7, 11) is -3.60. The maximum absolute atomic E-state index is 12.6. The molecule has 1 amide bonds. The highest BCUT2D eigenvalue weighted by Gasteiger charge is 2.36. The molecule has 1 fully saturated rings. The zero-order valence-corrected chi connectivity index (χ0v) is 11.2. The van der Waals surface area contributed by atoms with Gasteiger partial charge in [-0.15, -0.1) is 0 Å². The SMILES string of the molecule is O=C1CN(S(=O)(=O)N2CCCC2)c2ccccc2N1. The standard InChI is InChI=1S/C12H15N3O3S/c16-12-9-15(11-6-2-1-5-10(11)13-12)19(17,18)14-7-3-4-8-14/h1-2,5-6H,3-4,7-9H2,(H,13,16). The number of rotatable bonds is 2. The molecule has 1 aromatic rings. The van der Waals surface area contributed by atoms with Crippen molar-refractivity contribution in [3.8, 4) is 0 Å². The van der Waals surface area contributed by atoms with Crippen molar-refractivity contribution in [2.45, 2.75) is 12.8 Å². The van der Waals surface area contributed by atoms with Crippen LogP contribution >= 0.6 is 0 Å². The quantitative estimate of drug-likeness (QED) is 0.871. The highest BCUT2D eigenvalue weighted by atomic mass is 32.2. The van der Waals surface area contributed by atoms with Gasteiger partial charge < -0.3 is 5.32 Å². The van der Waals surface area contributed by atoms with Crippen LogP contribution in [0.3, 0.4) is 0 Å². The first-order chi connectivity index (χ1) is 9.09. The van der Waals surface area contributed by atoms with Crippen LogP contribution in [-0.4, -0.2) is 38.3 Å². The average Bonchev–Trinajstić information content (AvgIpc) is 2.92. The summed E-state index contributed by atoms with van der Waals surface area (Å²) in [4.78, 5) is 11.7. The van der Waals surface area contributed by atoms with Gasteiger partial charge in [0.05, 0.1) is 11.4 Å². The Hall–Kier alpha value is -1.60. The number of carbonyl (C=O) groups is 1. The summed E-state index contributed by atoms with van der Waals surface area (Å²) in [5, 5.41) is 2.69. The maximum atomic E-state index is 12.6. The molecule has 0 bridgehead atoms. The van der Waals surface area contributed by atoms with E-state index in [4.69, 9.17) is 0 Å². The van der Waals surface area contributed by atoms with Crippen LogP contribution in [0.4, 0.5) is 11.4 Å². The fourth-order valence-electron chi connectivity index (χ4n) is 2.47. The van der Waals surface area contributed by atoms with Crippen molar-refractivity contribution in [3.05, 3.63) is 24.3 Å². The minimum absolute atomic E-state index is 0.157. The van der Waals surface area contributed by atoms with Gasteiger partial charge in [-0.05, 0) is 25.0 Å². The fraction of sp³-hybridized carbons (Fsp3) is 0.417. The highest BCUT2D eigenvalue weighted by Crippen LogP contribution is 2.32. The Morgan fingerprint density at radius 3 is 2.53 bits per heavy atom. The van der Waals surface area contributed by atoms with E-state index < -0.39 is 10.2 Å². The first-order valence-corrected chi connectivity index (χ1v) is 7.65. The molecule has 2 heterocycles. The molecule has 7 heteroatoms. The summed E-state index contributed by atoms with van der Waals surface area (Å²) in [6.45, 7) is 0.904. The lowest BCUT2D eigenvalue weighted by Gasteiger charge is -2.32. The first-order valence-electron chi connectivity index (χ1n) is 6.26. The Labute approximate surface area is 112 Å². The van der Waals surface area contributed by atoms with Gasteiger partial charge in [-0.3, -0.25) is 4.79 Å². The maximum Gasteiger partial charge on any atom is 0.304 e. The van der Waals surface area contributed by atoms with Crippen LogP contribution in [0.5, 0.6) is 0 Å². The molecule has 2 aliphatic rings. The second kappa shape index (κ2) is 4.50. The molecule has 1 saturated heterocycles. The molecule has 1 N–H and O–H groups in total. The van der Waals surface area contributed by atoms with Gasteiger partial charge in [0.1, 0.15) is 6.54 Å². The molecular weight excluding hydrogens is 266 g/mol. The smallest absolute Gasteiger partial charge is 0.304 e. The van der Waals surface area contributed by atoms with Crippen LogP contribution in [0.25, 0.3) is 0 Å². The van der Waals surface area contributed by atoms with Gasteiger partial charge in [0.15, 0.2) is 0 Å². The van der Waals surface area contributed by atoms with Crippen molar-refractivity contribution >= 4 is 27.5 Å². The minimum atomic E-state index is -3.60. The molecule has 0 aromatic heterocycles. The normalized spacial score (nSPS) is 20.2. The lowest BCUT2D eigenvalue weighted by molar-refractivity contribution is -0.115. The molecule has 0 aliphatic carbocycles. The summed E-state index contributed by atoms with van der Waals surface area (Å²) in [6, 6.07) is 6.95. The summed E-state index contributed by atoms with van der Waals surface area (Å²) in [5.74, 6) is -0.304. The molecule has 0 unspecified atom stereocenters. The number of amides is 1. The van der Waals surface area contributed by atoms with Crippen molar-refractivity contribution in [2.75, 3.05) is 29.3 Å². The monoisotopic (exact) mass is 281 g/mol. The molecule has 1 aromatic carbocycles. The molecule has 2 aliphatic heterocycles. The van der Waals surface area contributed by atoms with Crippen molar-refractivity contribution in [2.24, 2.45) is 0 Å². The van der Waals surface area contributed by atoms with E-state index in [0.29, 0.717) is 24.5 Å². The molecular formula is C12H15N3O3S. The highest BCUT2D eigenvalue weighted by molar-refractivity contribution is 7.90. The van der Waals surface area contributed by atoms with Crippen molar-refractivity contribution < 1.29 is 13.2 Å². The Balaban J connectivity index is 2.03. The summed E-state index contributed by atoms with van der Waals surface area (Å²) >= 11 is 0. The molecule has 19 heavy (non-hydrogen) atoms. The fourth-order valence-corrected chi connectivity index (χ4v) is 4.15. The third-order valence-electron chi connectivity index (χ3n) is 3.40. The Bertz CT molecular complexity index is 608. The van der Waals surface area contributed by atoms with Gasteiger partial charge in [-0.1, -0.05) is 12.1 Å². The molecule has 0 radical (unpaired) electrons. The van der Waals surface area contributed by atoms with Crippen LogP contribution in [0.2, 0.25) is 0 Å². The number of benzene rings is 1.